The topological polar surface area (TPSA) is 28.4 Å². The molecule has 112 valence electrons. The lowest BCUT2D eigenvalue weighted by molar-refractivity contribution is 0.252. The third-order valence-corrected chi connectivity index (χ3v) is 3.45. The van der Waals surface area contributed by atoms with Crippen LogP contribution < -0.4 is 5.32 Å². The first-order valence-electron chi connectivity index (χ1n) is 7.29. The quantitative estimate of drug-likeness (QED) is 0.842. The lowest BCUT2D eigenvalue weighted by atomic mass is 10.1. The van der Waals surface area contributed by atoms with Gasteiger partial charge in [0.1, 0.15) is 5.76 Å². The molecule has 3 heteroatoms. The van der Waals surface area contributed by atoms with Gasteiger partial charge in [0, 0.05) is 13.1 Å². The average molecular weight is 284 g/mol. The van der Waals surface area contributed by atoms with E-state index in [2.05, 4.69) is 61.6 Å². The van der Waals surface area contributed by atoms with Crippen LogP contribution in [0.5, 0.6) is 0 Å². The molecule has 1 aromatic heterocycles. The maximum Gasteiger partial charge on any atom is 0.122 e. The number of hydrogen-bond donors (Lipinski definition) is 1. The molecule has 0 radical (unpaired) electrons. The van der Waals surface area contributed by atoms with Gasteiger partial charge in [0.05, 0.1) is 12.3 Å². The van der Waals surface area contributed by atoms with Crippen LogP contribution in [0.1, 0.15) is 24.3 Å². The van der Waals surface area contributed by atoms with Crippen molar-refractivity contribution in [2.24, 2.45) is 0 Å². The van der Waals surface area contributed by atoms with E-state index in [-0.39, 0.29) is 6.04 Å². The van der Waals surface area contributed by atoms with Crippen LogP contribution in [0, 0.1) is 0 Å². The summed E-state index contributed by atoms with van der Waals surface area (Å²) in [5, 5.41) is 3.51. The van der Waals surface area contributed by atoms with E-state index in [0.717, 1.165) is 18.8 Å². The summed E-state index contributed by atoms with van der Waals surface area (Å²) in [6.45, 7) is 3.89. The summed E-state index contributed by atoms with van der Waals surface area (Å²) in [6, 6.07) is 14.6. The van der Waals surface area contributed by atoms with Crippen molar-refractivity contribution in [3.8, 4) is 0 Å². The van der Waals surface area contributed by atoms with Gasteiger partial charge in [0.15, 0.2) is 0 Å². The van der Waals surface area contributed by atoms with Gasteiger partial charge in [-0.3, -0.25) is 4.90 Å². The van der Waals surface area contributed by atoms with Crippen molar-refractivity contribution in [1.82, 2.24) is 10.2 Å². The molecule has 1 unspecified atom stereocenters. The second-order valence-corrected chi connectivity index (χ2v) is 5.53. The van der Waals surface area contributed by atoms with E-state index >= 15 is 0 Å². The Bertz CT molecular complexity index is 544. The number of hydrogen-bond acceptors (Lipinski definition) is 3. The Labute approximate surface area is 127 Å². The normalized spacial score (nSPS) is 13.6. The van der Waals surface area contributed by atoms with E-state index < -0.39 is 0 Å². The number of nitrogens with zero attached hydrogens (tertiary/aromatic N) is 1. The summed E-state index contributed by atoms with van der Waals surface area (Å²) in [7, 11) is 4.14. The van der Waals surface area contributed by atoms with Crippen LogP contribution in [0.15, 0.2) is 58.7 Å². The van der Waals surface area contributed by atoms with Crippen LogP contribution >= 0.6 is 0 Å². The predicted molar refractivity (Wildman–Crippen MR) is 88.1 cm³/mol. The second-order valence-electron chi connectivity index (χ2n) is 5.53. The molecule has 1 atom stereocenters. The van der Waals surface area contributed by atoms with Gasteiger partial charge in [-0.2, -0.15) is 0 Å². The molecule has 0 aliphatic heterocycles. The van der Waals surface area contributed by atoms with Gasteiger partial charge in [-0.25, -0.2) is 0 Å². The highest BCUT2D eigenvalue weighted by Gasteiger charge is 2.15. The largest absolute Gasteiger partial charge is 0.468 e. The molecule has 2 aromatic rings. The first-order chi connectivity index (χ1) is 10.2. The van der Waals surface area contributed by atoms with Gasteiger partial charge < -0.3 is 9.73 Å². The fourth-order valence-electron chi connectivity index (χ4n) is 2.31. The van der Waals surface area contributed by atoms with Crippen molar-refractivity contribution in [1.29, 1.82) is 0 Å². The molecule has 1 N–H and O–H groups in total. The van der Waals surface area contributed by atoms with E-state index in [1.165, 1.54) is 11.1 Å². The summed E-state index contributed by atoms with van der Waals surface area (Å²) in [5.74, 6) is 0.997. The van der Waals surface area contributed by atoms with Crippen LogP contribution in [0.25, 0.3) is 6.08 Å². The standard InChI is InChI=1S/C18H24N2O/c1-15(12-16-8-5-4-6-9-16)13-19-14-17(20(2)3)18-10-7-11-21-18/h4-12,17,19H,13-14H2,1-3H3/b15-12+. The lowest BCUT2D eigenvalue weighted by Crippen LogP contribution is -2.31. The average Bonchev–Trinajstić information content (AvgIpc) is 2.98. The maximum atomic E-state index is 5.51. The van der Waals surface area contributed by atoms with E-state index in [9.17, 15) is 0 Å². The summed E-state index contributed by atoms with van der Waals surface area (Å²) in [6.07, 6.45) is 3.94. The van der Waals surface area contributed by atoms with Crippen molar-refractivity contribution in [3.63, 3.8) is 0 Å². The SMILES string of the molecule is C/C(=C\c1ccccc1)CNCC(c1ccco1)N(C)C. The van der Waals surface area contributed by atoms with Crippen LogP contribution in [0.4, 0.5) is 0 Å². The molecule has 0 aliphatic carbocycles. The van der Waals surface area contributed by atoms with Gasteiger partial charge >= 0.3 is 0 Å². The zero-order valence-electron chi connectivity index (χ0n) is 13.0. The number of furan rings is 1. The van der Waals surface area contributed by atoms with Gasteiger partial charge in [0.2, 0.25) is 0 Å². The molecular formula is C18H24N2O. The van der Waals surface area contributed by atoms with Crippen LogP contribution in [-0.4, -0.2) is 32.1 Å². The fourth-order valence-corrected chi connectivity index (χ4v) is 2.31. The number of rotatable bonds is 7. The summed E-state index contributed by atoms with van der Waals surface area (Å²) in [4.78, 5) is 2.17. The van der Waals surface area contributed by atoms with Crippen molar-refractivity contribution in [2.45, 2.75) is 13.0 Å². The van der Waals surface area contributed by atoms with E-state index in [1.807, 2.05) is 18.2 Å². The molecular weight excluding hydrogens is 260 g/mol. The first-order valence-corrected chi connectivity index (χ1v) is 7.29. The molecule has 21 heavy (non-hydrogen) atoms. The summed E-state index contributed by atoms with van der Waals surface area (Å²) >= 11 is 0. The number of likely N-dealkylation sites (N-methyl/N-ethyl adjacent to an activating group) is 1. The summed E-state index contributed by atoms with van der Waals surface area (Å²) in [5.41, 5.74) is 2.56. The summed E-state index contributed by atoms with van der Waals surface area (Å²) < 4.78 is 5.51. The van der Waals surface area contributed by atoms with Gasteiger partial charge in [-0.05, 0) is 38.7 Å². The monoisotopic (exact) mass is 284 g/mol. The van der Waals surface area contributed by atoms with Crippen LogP contribution in [0.3, 0.4) is 0 Å². The predicted octanol–water partition coefficient (Wildman–Crippen LogP) is 3.58. The Morgan fingerprint density at radius 1 is 1.19 bits per heavy atom. The van der Waals surface area contributed by atoms with Gasteiger partial charge in [-0.1, -0.05) is 42.0 Å². The van der Waals surface area contributed by atoms with Crippen molar-refractivity contribution in [3.05, 3.63) is 65.6 Å². The Morgan fingerprint density at radius 3 is 2.57 bits per heavy atom. The minimum Gasteiger partial charge on any atom is -0.468 e. The molecule has 0 bridgehead atoms. The third-order valence-electron chi connectivity index (χ3n) is 3.45. The zero-order valence-corrected chi connectivity index (χ0v) is 13.0. The van der Waals surface area contributed by atoms with Crippen LogP contribution in [0.2, 0.25) is 0 Å². The first kappa shape index (κ1) is 15.5. The molecule has 0 aliphatic rings. The van der Waals surface area contributed by atoms with E-state index in [1.54, 1.807) is 6.26 Å². The van der Waals surface area contributed by atoms with Gasteiger partial charge in [-0.15, -0.1) is 0 Å². The highest BCUT2D eigenvalue weighted by Crippen LogP contribution is 2.17. The minimum absolute atomic E-state index is 0.254. The molecule has 0 amide bonds. The fraction of sp³-hybridized carbons (Fsp3) is 0.333. The zero-order chi connectivity index (χ0) is 15.1. The third kappa shape index (κ3) is 4.88. The smallest absolute Gasteiger partial charge is 0.122 e. The highest BCUT2D eigenvalue weighted by atomic mass is 16.3. The molecule has 0 fully saturated rings. The Morgan fingerprint density at radius 2 is 1.95 bits per heavy atom. The van der Waals surface area contributed by atoms with E-state index in [0.29, 0.717) is 0 Å². The van der Waals surface area contributed by atoms with Crippen molar-refractivity contribution >= 4 is 6.08 Å². The molecule has 0 spiro atoms. The Kier molecular flexibility index (Phi) is 5.78. The lowest BCUT2D eigenvalue weighted by Gasteiger charge is -2.22. The Balaban J connectivity index is 1.86. The minimum atomic E-state index is 0.254. The maximum absolute atomic E-state index is 5.51. The number of nitrogens with one attached hydrogen (secondary N) is 1. The van der Waals surface area contributed by atoms with Crippen molar-refractivity contribution < 1.29 is 4.42 Å². The number of benzene rings is 1. The van der Waals surface area contributed by atoms with Crippen LogP contribution in [-0.2, 0) is 0 Å². The van der Waals surface area contributed by atoms with Crippen molar-refractivity contribution in [2.75, 3.05) is 27.2 Å². The highest BCUT2D eigenvalue weighted by molar-refractivity contribution is 5.52. The Hall–Kier alpha value is -1.84. The molecule has 0 saturated heterocycles. The van der Waals surface area contributed by atoms with Gasteiger partial charge in [0.25, 0.3) is 0 Å². The second kappa shape index (κ2) is 7.81. The molecule has 0 saturated carbocycles. The molecule has 3 nitrogen and oxygen atoms in total. The molecule has 1 heterocycles. The molecule has 2 rings (SSSR count). The van der Waals surface area contributed by atoms with E-state index in [4.69, 9.17) is 4.42 Å². The molecule has 1 aromatic carbocycles.